The lowest BCUT2D eigenvalue weighted by atomic mass is 10.0. The second kappa shape index (κ2) is 5.54. The molecule has 1 N–H and O–H groups in total. The maximum absolute atomic E-state index is 4.94. The molecule has 110 valence electrons. The quantitative estimate of drug-likeness (QED) is 0.914. The van der Waals surface area contributed by atoms with Crippen molar-refractivity contribution in [3.63, 3.8) is 0 Å². The molecule has 1 atom stereocenters. The van der Waals surface area contributed by atoms with E-state index in [1.807, 2.05) is 11.3 Å². The van der Waals surface area contributed by atoms with Gasteiger partial charge in [-0.15, -0.1) is 11.3 Å². The van der Waals surface area contributed by atoms with E-state index in [9.17, 15) is 0 Å². The summed E-state index contributed by atoms with van der Waals surface area (Å²) in [4.78, 5) is 6.47. The summed E-state index contributed by atoms with van der Waals surface area (Å²) >= 11 is 1.92. The summed E-state index contributed by atoms with van der Waals surface area (Å²) in [5, 5.41) is 4.73. The first-order valence-electron chi connectivity index (χ1n) is 8.11. The first-order valence-corrected chi connectivity index (χ1v) is 8.92. The Morgan fingerprint density at radius 2 is 2.10 bits per heavy atom. The van der Waals surface area contributed by atoms with Crippen LogP contribution in [0.25, 0.3) is 0 Å². The van der Waals surface area contributed by atoms with Crippen molar-refractivity contribution in [3.05, 3.63) is 51.0 Å². The maximum Gasteiger partial charge on any atom is 0.115 e. The summed E-state index contributed by atoms with van der Waals surface area (Å²) in [5.41, 5.74) is 4.24. The zero-order valence-electron chi connectivity index (χ0n) is 12.6. The van der Waals surface area contributed by atoms with Gasteiger partial charge in [0, 0.05) is 4.88 Å². The minimum Gasteiger partial charge on any atom is -0.307 e. The standard InChI is InChI=1S/C18H22N2S/c1-19-17(14-6-4-5-13(11-14)12-9-10-12)18-20-15-7-2-3-8-16(15)21-18/h4-6,11-12,17,19H,2-3,7-10H2,1H3. The minimum atomic E-state index is 0.249. The zero-order valence-corrected chi connectivity index (χ0v) is 13.4. The van der Waals surface area contributed by atoms with Gasteiger partial charge >= 0.3 is 0 Å². The molecule has 2 aliphatic rings. The average Bonchev–Trinajstić information content (AvgIpc) is 3.28. The maximum atomic E-state index is 4.94. The summed E-state index contributed by atoms with van der Waals surface area (Å²) < 4.78 is 0. The Hall–Kier alpha value is -1.19. The Kier molecular flexibility index (Phi) is 3.56. The van der Waals surface area contributed by atoms with E-state index in [0.29, 0.717) is 0 Å². The van der Waals surface area contributed by atoms with E-state index < -0.39 is 0 Å². The van der Waals surface area contributed by atoms with Gasteiger partial charge in [0.25, 0.3) is 0 Å². The van der Waals surface area contributed by atoms with E-state index in [4.69, 9.17) is 4.98 Å². The van der Waals surface area contributed by atoms with Crippen LogP contribution in [-0.4, -0.2) is 12.0 Å². The van der Waals surface area contributed by atoms with Crippen LogP contribution in [0.4, 0.5) is 0 Å². The molecule has 1 aromatic carbocycles. The summed E-state index contributed by atoms with van der Waals surface area (Å²) in [6, 6.07) is 9.37. The van der Waals surface area contributed by atoms with Crippen LogP contribution in [0.2, 0.25) is 0 Å². The number of hydrogen-bond acceptors (Lipinski definition) is 3. The van der Waals surface area contributed by atoms with Crippen LogP contribution in [0.5, 0.6) is 0 Å². The fourth-order valence-corrected chi connectivity index (χ4v) is 4.63. The van der Waals surface area contributed by atoms with E-state index in [-0.39, 0.29) is 6.04 Å². The average molecular weight is 298 g/mol. The Labute approximate surface area is 130 Å². The van der Waals surface area contributed by atoms with Gasteiger partial charge in [-0.05, 0) is 62.6 Å². The number of nitrogens with zero attached hydrogens (tertiary/aromatic N) is 1. The van der Waals surface area contributed by atoms with Crippen molar-refractivity contribution in [1.29, 1.82) is 0 Å². The SMILES string of the molecule is CNC(c1cccc(C2CC2)c1)c1nc2c(s1)CCCC2. The minimum absolute atomic E-state index is 0.249. The van der Waals surface area contributed by atoms with Crippen molar-refractivity contribution in [3.8, 4) is 0 Å². The molecule has 0 amide bonds. The van der Waals surface area contributed by atoms with Crippen LogP contribution < -0.4 is 5.32 Å². The van der Waals surface area contributed by atoms with Crippen LogP contribution >= 0.6 is 11.3 Å². The number of aromatic nitrogens is 1. The molecule has 0 aliphatic heterocycles. The van der Waals surface area contributed by atoms with Crippen molar-refractivity contribution in [2.24, 2.45) is 0 Å². The van der Waals surface area contributed by atoms with E-state index in [2.05, 4.69) is 36.6 Å². The smallest absolute Gasteiger partial charge is 0.115 e. The second-order valence-corrected chi connectivity index (χ2v) is 7.41. The molecular formula is C18H22N2S. The lowest BCUT2D eigenvalue weighted by Crippen LogP contribution is -2.17. The molecule has 2 nitrogen and oxygen atoms in total. The molecule has 0 saturated heterocycles. The van der Waals surface area contributed by atoms with Gasteiger partial charge in [0.2, 0.25) is 0 Å². The lowest BCUT2D eigenvalue weighted by molar-refractivity contribution is 0.661. The highest BCUT2D eigenvalue weighted by molar-refractivity contribution is 7.11. The highest BCUT2D eigenvalue weighted by Gasteiger charge is 2.25. The molecule has 1 heterocycles. The van der Waals surface area contributed by atoms with E-state index in [0.717, 1.165) is 5.92 Å². The summed E-state index contributed by atoms with van der Waals surface area (Å²) in [5.74, 6) is 0.812. The predicted octanol–water partition coefficient (Wildman–Crippen LogP) is 4.21. The highest BCUT2D eigenvalue weighted by Crippen LogP contribution is 2.41. The number of rotatable bonds is 4. The van der Waals surface area contributed by atoms with Crippen LogP contribution in [0.3, 0.4) is 0 Å². The lowest BCUT2D eigenvalue weighted by Gasteiger charge is -2.15. The number of benzene rings is 1. The molecule has 3 heteroatoms. The predicted molar refractivity (Wildman–Crippen MR) is 88.1 cm³/mol. The molecule has 2 aromatic rings. The van der Waals surface area contributed by atoms with Gasteiger partial charge in [-0.25, -0.2) is 4.98 Å². The third-order valence-electron chi connectivity index (χ3n) is 4.69. The fraction of sp³-hybridized carbons (Fsp3) is 0.500. The van der Waals surface area contributed by atoms with Crippen LogP contribution in [0, 0.1) is 0 Å². The van der Waals surface area contributed by atoms with Crippen LogP contribution in [-0.2, 0) is 12.8 Å². The van der Waals surface area contributed by atoms with Crippen LogP contribution in [0.1, 0.15) is 64.3 Å². The third kappa shape index (κ3) is 2.65. The highest BCUT2D eigenvalue weighted by atomic mass is 32.1. The molecule has 4 rings (SSSR count). The normalized spacial score (nSPS) is 19.3. The number of nitrogens with one attached hydrogen (secondary N) is 1. The molecule has 21 heavy (non-hydrogen) atoms. The van der Waals surface area contributed by atoms with Gasteiger partial charge in [0.05, 0.1) is 11.7 Å². The van der Waals surface area contributed by atoms with Crippen molar-refractivity contribution >= 4 is 11.3 Å². The molecule has 2 aliphatic carbocycles. The Morgan fingerprint density at radius 1 is 1.24 bits per heavy atom. The molecule has 1 saturated carbocycles. The first kappa shape index (κ1) is 13.5. The van der Waals surface area contributed by atoms with Crippen LogP contribution in [0.15, 0.2) is 24.3 Å². The van der Waals surface area contributed by atoms with Crippen molar-refractivity contribution in [1.82, 2.24) is 10.3 Å². The fourth-order valence-electron chi connectivity index (χ4n) is 3.34. The largest absolute Gasteiger partial charge is 0.307 e. The second-order valence-electron chi connectivity index (χ2n) is 6.30. The van der Waals surface area contributed by atoms with Gasteiger partial charge in [-0.1, -0.05) is 24.3 Å². The number of fused-ring (bicyclic) bond motifs is 1. The molecule has 1 aromatic heterocycles. The molecule has 1 fully saturated rings. The van der Waals surface area contributed by atoms with Crippen molar-refractivity contribution < 1.29 is 0 Å². The number of hydrogen-bond donors (Lipinski definition) is 1. The topological polar surface area (TPSA) is 24.9 Å². The van der Waals surface area contributed by atoms with Gasteiger partial charge in [0.15, 0.2) is 0 Å². The number of thiazole rings is 1. The molecule has 0 spiro atoms. The monoisotopic (exact) mass is 298 g/mol. The molecule has 1 unspecified atom stereocenters. The Morgan fingerprint density at radius 3 is 2.86 bits per heavy atom. The Balaban J connectivity index is 1.67. The first-order chi connectivity index (χ1) is 10.3. The molecule has 0 radical (unpaired) electrons. The van der Waals surface area contributed by atoms with Gasteiger partial charge < -0.3 is 5.32 Å². The summed E-state index contributed by atoms with van der Waals surface area (Å²) in [7, 11) is 2.05. The van der Waals surface area contributed by atoms with Crippen molar-refractivity contribution in [2.45, 2.75) is 50.5 Å². The number of aryl methyl sites for hydroxylation is 2. The summed E-state index contributed by atoms with van der Waals surface area (Å²) in [6.07, 6.45) is 7.75. The molecule has 0 bridgehead atoms. The van der Waals surface area contributed by atoms with E-state index >= 15 is 0 Å². The zero-order chi connectivity index (χ0) is 14.2. The van der Waals surface area contributed by atoms with E-state index in [1.165, 1.54) is 65.2 Å². The van der Waals surface area contributed by atoms with Gasteiger partial charge in [-0.2, -0.15) is 0 Å². The van der Waals surface area contributed by atoms with E-state index in [1.54, 1.807) is 0 Å². The van der Waals surface area contributed by atoms with Crippen molar-refractivity contribution in [2.75, 3.05) is 7.05 Å². The van der Waals surface area contributed by atoms with Gasteiger partial charge in [-0.3, -0.25) is 0 Å². The molecular weight excluding hydrogens is 276 g/mol. The van der Waals surface area contributed by atoms with Gasteiger partial charge in [0.1, 0.15) is 5.01 Å². The Bertz CT molecular complexity index is 619. The summed E-state index contributed by atoms with van der Waals surface area (Å²) in [6.45, 7) is 0. The third-order valence-corrected chi connectivity index (χ3v) is 5.91.